The van der Waals surface area contributed by atoms with Gasteiger partial charge in [-0.25, -0.2) is 8.78 Å². The van der Waals surface area contributed by atoms with Gasteiger partial charge in [-0.2, -0.15) is 4.98 Å². The fourth-order valence-corrected chi connectivity index (χ4v) is 1.34. The molecule has 1 aromatic heterocycles. The normalized spacial score (nSPS) is 11.1. The van der Waals surface area contributed by atoms with Gasteiger partial charge in [-0.1, -0.05) is 12.1 Å². The summed E-state index contributed by atoms with van der Waals surface area (Å²) >= 11 is 0. The number of nitrogens with zero attached hydrogens (tertiary/aromatic N) is 2. The second-order valence-electron chi connectivity index (χ2n) is 3.79. The molecule has 1 heterocycles. The maximum Gasteiger partial charge on any atom is 0.261 e. The number of carbonyl (C=O) groups is 1. The maximum atomic E-state index is 11.8. The van der Waals surface area contributed by atoms with Gasteiger partial charge in [-0.15, -0.1) is 0 Å². The van der Waals surface area contributed by atoms with E-state index in [1.54, 1.807) is 0 Å². The van der Waals surface area contributed by atoms with Crippen molar-refractivity contribution in [3.63, 3.8) is 0 Å². The van der Waals surface area contributed by atoms with Crippen LogP contribution in [-0.2, 0) is 22.4 Å². The zero-order valence-corrected chi connectivity index (χ0v) is 10.2. The lowest BCUT2D eigenvalue weighted by molar-refractivity contribution is -0.118. The highest BCUT2D eigenvalue weighted by Gasteiger charge is 2.11. The summed E-state index contributed by atoms with van der Waals surface area (Å²) in [5, 5.41) is 3.64. The summed E-state index contributed by atoms with van der Waals surface area (Å²) in [5.41, 5.74) is 0. The van der Waals surface area contributed by atoms with Gasteiger partial charge in [-0.3, -0.25) is 4.79 Å². The summed E-state index contributed by atoms with van der Waals surface area (Å²) in [5.74, 6) is 0.669. The Hall–Kier alpha value is -1.37. The van der Waals surface area contributed by atoms with E-state index < -0.39 is 13.0 Å². The summed E-state index contributed by atoms with van der Waals surface area (Å²) in [6, 6.07) is 0. The first-order valence-electron chi connectivity index (χ1n) is 5.80. The van der Waals surface area contributed by atoms with Crippen LogP contribution in [0.1, 0.15) is 31.5 Å². The molecule has 7 heteroatoms. The summed E-state index contributed by atoms with van der Waals surface area (Å²) in [7, 11) is 0. The largest absolute Gasteiger partial charge is 0.375 e. The lowest BCUT2D eigenvalue weighted by Crippen LogP contribution is -2.08. The van der Waals surface area contributed by atoms with E-state index in [-0.39, 0.29) is 31.1 Å². The fraction of sp³-hybridized carbons (Fsp3) is 0.727. The van der Waals surface area contributed by atoms with E-state index in [1.807, 2.05) is 6.92 Å². The minimum atomic E-state index is -2.47. The van der Waals surface area contributed by atoms with Gasteiger partial charge >= 0.3 is 0 Å². The fourth-order valence-electron chi connectivity index (χ4n) is 1.34. The van der Waals surface area contributed by atoms with Gasteiger partial charge in [0.05, 0.1) is 13.0 Å². The predicted molar refractivity (Wildman–Crippen MR) is 58.4 cm³/mol. The van der Waals surface area contributed by atoms with Crippen molar-refractivity contribution >= 4 is 5.78 Å². The highest BCUT2D eigenvalue weighted by atomic mass is 19.3. The van der Waals surface area contributed by atoms with Gasteiger partial charge in [0.2, 0.25) is 5.89 Å². The molecule has 5 nitrogen and oxygen atoms in total. The maximum absolute atomic E-state index is 11.8. The van der Waals surface area contributed by atoms with Gasteiger partial charge in [0.1, 0.15) is 12.4 Å². The Balaban J connectivity index is 2.27. The summed E-state index contributed by atoms with van der Waals surface area (Å²) in [6.07, 6.45) is -0.801. The van der Waals surface area contributed by atoms with E-state index >= 15 is 0 Å². The van der Waals surface area contributed by atoms with Crippen LogP contribution in [-0.4, -0.2) is 35.6 Å². The van der Waals surface area contributed by atoms with Gasteiger partial charge in [0, 0.05) is 12.8 Å². The van der Waals surface area contributed by atoms with Gasteiger partial charge in [0.25, 0.3) is 6.43 Å². The number of hydrogen-bond donors (Lipinski definition) is 0. The van der Waals surface area contributed by atoms with Gasteiger partial charge in [-0.05, 0) is 6.42 Å². The lowest BCUT2D eigenvalue weighted by atomic mass is 10.2. The van der Waals surface area contributed by atoms with Crippen molar-refractivity contribution in [2.45, 2.75) is 39.0 Å². The molecule has 0 amide bonds. The number of ketones is 1. The number of alkyl halides is 2. The first-order chi connectivity index (χ1) is 8.61. The van der Waals surface area contributed by atoms with Crippen molar-refractivity contribution in [2.75, 3.05) is 13.2 Å². The zero-order valence-electron chi connectivity index (χ0n) is 10.2. The molecule has 0 saturated heterocycles. The summed E-state index contributed by atoms with van der Waals surface area (Å²) < 4.78 is 33.1. The third-order valence-corrected chi connectivity index (χ3v) is 2.10. The zero-order chi connectivity index (χ0) is 13.4. The average Bonchev–Trinajstić information content (AvgIpc) is 2.72. The lowest BCUT2D eigenvalue weighted by Gasteiger charge is -1.99. The second-order valence-corrected chi connectivity index (χ2v) is 3.79. The molecule has 0 fully saturated rings. The minimum absolute atomic E-state index is 0.0432. The predicted octanol–water partition coefficient (Wildman–Crippen LogP) is 1.81. The van der Waals surface area contributed by atoms with Crippen LogP contribution in [0.25, 0.3) is 0 Å². The van der Waals surface area contributed by atoms with Crippen molar-refractivity contribution < 1.29 is 22.8 Å². The molecule has 1 aromatic rings. The molecule has 0 aromatic carbocycles. The molecule has 0 aliphatic carbocycles. The van der Waals surface area contributed by atoms with E-state index in [0.717, 1.165) is 6.42 Å². The number of carbonyl (C=O) groups excluding carboxylic acids is 1. The summed E-state index contributed by atoms with van der Waals surface area (Å²) in [4.78, 5) is 15.3. The Morgan fingerprint density at radius 1 is 1.50 bits per heavy atom. The number of rotatable bonds is 9. The van der Waals surface area contributed by atoms with Crippen LogP contribution in [0.4, 0.5) is 8.78 Å². The topological polar surface area (TPSA) is 65.2 Å². The molecule has 18 heavy (non-hydrogen) atoms. The van der Waals surface area contributed by atoms with E-state index in [9.17, 15) is 13.6 Å². The minimum Gasteiger partial charge on any atom is -0.375 e. The molecule has 102 valence electrons. The molecular weight excluding hydrogens is 246 g/mol. The van der Waals surface area contributed by atoms with Crippen LogP contribution in [0.3, 0.4) is 0 Å². The molecular formula is C11H16F2N2O3. The third-order valence-electron chi connectivity index (χ3n) is 2.10. The Morgan fingerprint density at radius 3 is 2.94 bits per heavy atom. The van der Waals surface area contributed by atoms with Crippen molar-refractivity contribution in [3.8, 4) is 0 Å². The molecule has 0 bridgehead atoms. The Kier molecular flexibility index (Phi) is 6.42. The van der Waals surface area contributed by atoms with Gasteiger partial charge < -0.3 is 9.26 Å². The SMILES string of the molecule is CCCC(=O)Cc1nc(CCOCC(F)F)no1. The molecule has 0 spiro atoms. The van der Waals surface area contributed by atoms with Gasteiger partial charge in [0.15, 0.2) is 5.82 Å². The smallest absolute Gasteiger partial charge is 0.261 e. The third kappa shape index (κ3) is 5.81. The van der Waals surface area contributed by atoms with Crippen LogP contribution in [0.5, 0.6) is 0 Å². The van der Waals surface area contributed by atoms with E-state index in [4.69, 9.17) is 4.52 Å². The van der Waals surface area contributed by atoms with Crippen LogP contribution in [0.15, 0.2) is 4.52 Å². The van der Waals surface area contributed by atoms with Crippen LogP contribution in [0, 0.1) is 0 Å². The van der Waals surface area contributed by atoms with E-state index in [0.29, 0.717) is 12.2 Å². The second kappa shape index (κ2) is 7.86. The van der Waals surface area contributed by atoms with Crippen LogP contribution in [0.2, 0.25) is 0 Å². The first kappa shape index (κ1) is 14.7. The highest BCUT2D eigenvalue weighted by Crippen LogP contribution is 2.03. The summed E-state index contributed by atoms with van der Waals surface area (Å²) in [6.45, 7) is 1.42. The molecule has 0 atom stereocenters. The molecule has 0 N–H and O–H groups in total. The molecule has 0 unspecified atom stereocenters. The number of ether oxygens (including phenoxy) is 1. The van der Waals surface area contributed by atoms with Crippen LogP contribution < -0.4 is 0 Å². The monoisotopic (exact) mass is 262 g/mol. The van der Waals surface area contributed by atoms with Crippen molar-refractivity contribution in [2.24, 2.45) is 0 Å². The molecule has 0 saturated carbocycles. The molecule has 0 aliphatic heterocycles. The standard InChI is InChI=1S/C11H16F2N2O3/c1-2-3-8(16)6-11-14-10(15-18-11)4-5-17-7-9(12)13/h9H,2-7H2,1H3. The van der Waals surface area contributed by atoms with E-state index in [2.05, 4.69) is 14.9 Å². The Bertz CT molecular complexity index is 369. The molecule has 0 aliphatic rings. The Labute approximate surface area is 104 Å². The van der Waals surface area contributed by atoms with E-state index in [1.165, 1.54) is 0 Å². The van der Waals surface area contributed by atoms with Crippen LogP contribution >= 0.6 is 0 Å². The quantitative estimate of drug-likeness (QED) is 0.635. The average molecular weight is 262 g/mol. The number of Topliss-reactive ketones (excluding diaryl/α,β-unsaturated/α-hetero) is 1. The highest BCUT2D eigenvalue weighted by molar-refractivity contribution is 5.79. The van der Waals surface area contributed by atoms with Crippen molar-refractivity contribution in [1.82, 2.24) is 10.1 Å². The molecule has 0 radical (unpaired) electrons. The first-order valence-corrected chi connectivity index (χ1v) is 5.80. The molecule has 1 rings (SSSR count). The number of aromatic nitrogens is 2. The van der Waals surface area contributed by atoms with Crippen molar-refractivity contribution in [3.05, 3.63) is 11.7 Å². The number of halogens is 2. The number of hydrogen-bond acceptors (Lipinski definition) is 5. The van der Waals surface area contributed by atoms with Crippen molar-refractivity contribution in [1.29, 1.82) is 0 Å². The Morgan fingerprint density at radius 2 is 2.28 bits per heavy atom.